The molecule has 0 saturated heterocycles. The Kier molecular flexibility index (Phi) is 2.40. The Morgan fingerprint density at radius 1 is 1.36 bits per heavy atom. The topological polar surface area (TPSA) is 63.8 Å². The van der Waals surface area contributed by atoms with Gasteiger partial charge in [-0.15, -0.1) is 0 Å². The van der Waals surface area contributed by atoms with Crippen molar-refractivity contribution in [2.24, 2.45) is 0 Å². The molecular formula is C9H10N4O. The SMILES string of the molecule is Cc1noc(CNc2ccncc2)n1. The molecule has 0 aliphatic rings. The van der Waals surface area contributed by atoms with Gasteiger partial charge in [-0.1, -0.05) is 5.16 Å². The summed E-state index contributed by atoms with van der Waals surface area (Å²) in [4.78, 5) is 7.98. The van der Waals surface area contributed by atoms with Gasteiger partial charge in [0.25, 0.3) is 0 Å². The Balaban J connectivity index is 1.95. The van der Waals surface area contributed by atoms with Crippen LogP contribution in [-0.2, 0) is 6.54 Å². The fourth-order valence-corrected chi connectivity index (χ4v) is 1.06. The molecule has 5 heteroatoms. The maximum Gasteiger partial charge on any atom is 0.245 e. The normalized spacial score (nSPS) is 10.1. The number of hydrogen-bond acceptors (Lipinski definition) is 5. The van der Waals surface area contributed by atoms with E-state index >= 15 is 0 Å². The van der Waals surface area contributed by atoms with E-state index in [1.54, 1.807) is 19.3 Å². The van der Waals surface area contributed by atoms with Crippen molar-refractivity contribution in [3.05, 3.63) is 36.2 Å². The molecule has 0 unspecified atom stereocenters. The minimum atomic E-state index is 0.533. The van der Waals surface area contributed by atoms with Gasteiger partial charge in [0.05, 0.1) is 6.54 Å². The maximum absolute atomic E-state index is 4.95. The van der Waals surface area contributed by atoms with Gasteiger partial charge in [0.2, 0.25) is 5.89 Å². The van der Waals surface area contributed by atoms with Crippen molar-refractivity contribution in [2.45, 2.75) is 13.5 Å². The van der Waals surface area contributed by atoms with Crippen LogP contribution in [0.3, 0.4) is 0 Å². The third-order valence-electron chi connectivity index (χ3n) is 1.69. The fourth-order valence-electron chi connectivity index (χ4n) is 1.06. The molecule has 0 atom stereocenters. The molecule has 0 aliphatic carbocycles. The van der Waals surface area contributed by atoms with E-state index in [-0.39, 0.29) is 0 Å². The van der Waals surface area contributed by atoms with Gasteiger partial charge < -0.3 is 9.84 Å². The van der Waals surface area contributed by atoms with E-state index < -0.39 is 0 Å². The minimum absolute atomic E-state index is 0.533. The summed E-state index contributed by atoms with van der Waals surface area (Å²) in [6.07, 6.45) is 3.45. The highest BCUT2D eigenvalue weighted by Gasteiger charge is 2.00. The zero-order chi connectivity index (χ0) is 9.80. The molecule has 2 rings (SSSR count). The van der Waals surface area contributed by atoms with E-state index in [0.717, 1.165) is 5.69 Å². The summed E-state index contributed by atoms with van der Waals surface area (Å²) < 4.78 is 4.95. The quantitative estimate of drug-likeness (QED) is 0.792. The van der Waals surface area contributed by atoms with Gasteiger partial charge in [-0.2, -0.15) is 4.98 Å². The molecule has 1 N–H and O–H groups in total. The molecular weight excluding hydrogens is 180 g/mol. The number of anilines is 1. The summed E-state index contributed by atoms with van der Waals surface area (Å²) >= 11 is 0. The van der Waals surface area contributed by atoms with Crippen LogP contribution in [0.15, 0.2) is 29.0 Å². The summed E-state index contributed by atoms with van der Waals surface area (Å²) in [5, 5.41) is 6.83. The molecule has 2 heterocycles. The second-order valence-corrected chi connectivity index (χ2v) is 2.82. The van der Waals surface area contributed by atoms with Crippen LogP contribution >= 0.6 is 0 Å². The number of pyridine rings is 1. The van der Waals surface area contributed by atoms with Crippen molar-refractivity contribution in [3.8, 4) is 0 Å². The number of rotatable bonds is 3. The third kappa shape index (κ3) is 2.07. The summed E-state index contributed by atoms with van der Waals surface area (Å²) in [7, 11) is 0. The van der Waals surface area contributed by atoms with E-state index in [2.05, 4.69) is 20.4 Å². The van der Waals surface area contributed by atoms with E-state index in [4.69, 9.17) is 4.52 Å². The summed E-state index contributed by atoms with van der Waals surface area (Å²) in [5.41, 5.74) is 0.982. The van der Waals surface area contributed by atoms with Gasteiger partial charge in [-0.05, 0) is 19.1 Å². The van der Waals surface area contributed by atoms with Crippen molar-refractivity contribution in [3.63, 3.8) is 0 Å². The Bertz CT molecular complexity index is 398. The highest BCUT2D eigenvalue weighted by molar-refractivity contribution is 5.40. The van der Waals surface area contributed by atoms with Gasteiger partial charge in [-0.25, -0.2) is 0 Å². The van der Waals surface area contributed by atoms with Crippen LogP contribution in [0.2, 0.25) is 0 Å². The van der Waals surface area contributed by atoms with Crippen LogP contribution in [0, 0.1) is 6.92 Å². The Labute approximate surface area is 81.2 Å². The van der Waals surface area contributed by atoms with Crippen molar-refractivity contribution in [2.75, 3.05) is 5.32 Å². The zero-order valence-electron chi connectivity index (χ0n) is 7.77. The summed E-state index contributed by atoms with van der Waals surface area (Å²) in [6.45, 7) is 2.32. The van der Waals surface area contributed by atoms with Crippen molar-refractivity contribution >= 4 is 5.69 Å². The van der Waals surface area contributed by atoms with Gasteiger partial charge >= 0.3 is 0 Å². The smallest absolute Gasteiger partial charge is 0.245 e. The molecule has 14 heavy (non-hydrogen) atoms. The average molecular weight is 190 g/mol. The van der Waals surface area contributed by atoms with Gasteiger partial charge in [0.15, 0.2) is 5.82 Å². The minimum Gasteiger partial charge on any atom is -0.376 e. The monoisotopic (exact) mass is 190 g/mol. The second kappa shape index (κ2) is 3.87. The first-order valence-corrected chi connectivity index (χ1v) is 4.28. The van der Waals surface area contributed by atoms with Crippen LogP contribution in [0.1, 0.15) is 11.7 Å². The fraction of sp³-hybridized carbons (Fsp3) is 0.222. The van der Waals surface area contributed by atoms with E-state index in [1.807, 2.05) is 12.1 Å². The third-order valence-corrected chi connectivity index (χ3v) is 1.69. The van der Waals surface area contributed by atoms with E-state index in [1.165, 1.54) is 0 Å². The molecule has 72 valence electrons. The first-order chi connectivity index (χ1) is 6.84. The molecule has 0 aromatic carbocycles. The highest BCUT2D eigenvalue weighted by Crippen LogP contribution is 2.05. The lowest BCUT2D eigenvalue weighted by Crippen LogP contribution is -1.99. The van der Waals surface area contributed by atoms with Crippen LogP contribution in [0.4, 0.5) is 5.69 Å². The van der Waals surface area contributed by atoms with Crippen molar-refractivity contribution in [1.29, 1.82) is 0 Å². The predicted octanol–water partition coefficient (Wildman–Crippen LogP) is 1.39. The number of hydrogen-bond donors (Lipinski definition) is 1. The largest absolute Gasteiger partial charge is 0.376 e. The van der Waals surface area contributed by atoms with E-state index in [9.17, 15) is 0 Å². The molecule has 0 aliphatic heterocycles. The van der Waals surface area contributed by atoms with Crippen LogP contribution in [0.25, 0.3) is 0 Å². The first-order valence-electron chi connectivity index (χ1n) is 4.28. The lowest BCUT2D eigenvalue weighted by molar-refractivity contribution is 0.379. The Morgan fingerprint density at radius 2 is 2.14 bits per heavy atom. The van der Waals surface area contributed by atoms with Crippen LogP contribution in [0.5, 0.6) is 0 Å². The molecule has 0 amide bonds. The second-order valence-electron chi connectivity index (χ2n) is 2.82. The molecule has 0 radical (unpaired) electrons. The maximum atomic E-state index is 4.95. The Hall–Kier alpha value is -1.91. The van der Waals surface area contributed by atoms with Crippen molar-refractivity contribution < 1.29 is 4.52 Å². The number of aryl methyl sites for hydroxylation is 1. The molecule has 5 nitrogen and oxygen atoms in total. The lowest BCUT2D eigenvalue weighted by Gasteiger charge is -2.00. The lowest BCUT2D eigenvalue weighted by atomic mass is 10.4. The molecule has 2 aromatic rings. The predicted molar refractivity (Wildman–Crippen MR) is 50.6 cm³/mol. The Morgan fingerprint density at radius 3 is 2.79 bits per heavy atom. The molecule has 0 bridgehead atoms. The van der Waals surface area contributed by atoms with Gasteiger partial charge in [-0.3, -0.25) is 4.98 Å². The summed E-state index contributed by atoms with van der Waals surface area (Å²) in [5.74, 6) is 1.23. The highest BCUT2D eigenvalue weighted by atomic mass is 16.5. The van der Waals surface area contributed by atoms with Crippen LogP contribution in [-0.4, -0.2) is 15.1 Å². The van der Waals surface area contributed by atoms with Gasteiger partial charge in [0.1, 0.15) is 0 Å². The number of nitrogens with one attached hydrogen (secondary N) is 1. The first kappa shape index (κ1) is 8.68. The standard InChI is InChI=1S/C9H10N4O/c1-7-12-9(14-13-7)6-11-8-2-4-10-5-3-8/h2-5H,6H2,1H3,(H,10,11). The van der Waals surface area contributed by atoms with Gasteiger partial charge in [0, 0.05) is 18.1 Å². The van der Waals surface area contributed by atoms with Crippen LogP contribution < -0.4 is 5.32 Å². The number of nitrogens with zero attached hydrogens (tertiary/aromatic N) is 3. The molecule has 2 aromatic heterocycles. The number of aromatic nitrogens is 3. The zero-order valence-corrected chi connectivity index (χ0v) is 7.77. The average Bonchev–Trinajstić information content (AvgIpc) is 2.63. The summed E-state index contributed by atoms with van der Waals surface area (Å²) in [6, 6.07) is 3.76. The molecule has 0 saturated carbocycles. The van der Waals surface area contributed by atoms with E-state index in [0.29, 0.717) is 18.3 Å². The molecule has 0 spiro atoms. The molecule has 0 fully saturated rings. The van der Waals surface area contributed by atoms with Crippen molar-refractivity contribution in [1.82, 2.24) is 15.1 Å².